The average molecular weight is 244 g/mol. The lowest BCUT2D eigenvalue weighted by molar-refractivity contribution is 0.718. The largest absolute Gasteiger partial charge is 0.365 e. The van der Waals surface area contributed by atoms with Crippen molar-refractivity contribution in [2.24, 2.45) is 0 Å². The normalized spacial score (nSPS) is 10.3. The van der Waals surface area contributed by atoms with Crippen molar-refractivity contribution in [1.29, 1.82) is 0 Å². The second kappa shape index (κ2) is 5.95. The van der Waals surface area contributed by atoms with Crippen LogP contribution < -0.4 is 10.9 Å². The summed E-state index contributed by atoms with van der Waals surface area (Å²) in [7, 11) is 0. The summed E-state index contributed by atoms with van der Waals surface area (Å²) >= 11 is 0. The summed E-state index contributed by atoms with van der Waals surface area (Å²) in [5.74, 6) is 0.406. The van der Waals surface area contributed by atoms with Crippen LogP contribution in [0.15, 0.2) is 41.7 Å². The first-order chi connectivity index (χ1) is 8.81. The molecule has 18 heavy (non-hydrogen) atoms. The molecule has 0 amide bonds. The number of hydrogen-bond acceptors (Lipinski definition) is 4. The summed E-state index contributed by atoms with van der Waals surface area (Å²) < 4.78 is 1.62. The van der Waals surface area contributed by atoms with Crippen molar-refractivity contribution in [3.63, 3.8) is 0 Å². The van der Waals surface area contributed by atoms with Crippen LogP contribution in [0.5, 0.6) is 0 Å². The van der Waals surface area contributed by atoms with Crippen LogP contribution in [0.4, 0.5) is 5.82 Å². The minimum atomic E-state index is -0.0776. The molecule has 0 unspecified atom stereocenters. The number of nitrogens with zero attached hydrogens (tertiary/aromatic N) is 3. The first-order valence-corrected chi connectivity index (χ1v) is 5.99. The van der Waals surface area contributed by atoms with Gasteiger partial charge >= 0.3 is 0 Å². The Morgan fingerprint density at radius 2 is 2.28 bits per heavy atom. The lowest BCUT2D eigenvalue weighted by Crippen LogP contribution is -2.24. The summed E-state index contributed by atoms with van der Waals surface area (Å²) in [4.78, 5) is 20.0. The fraction of sp³-hybridized carbons (Fsp3) is 0.308. The highest BCUT2D eigenvalue weighted by Crippen LogP contribution is 1.98. The first-order valence-electron chi connectivity index (χ1n) is 5.99. The quantitative estimate of drug-likeness (QED) is 0.861. The Morgan fingerprint density at radius 1 is 1.39 bits per heavy atom. The Bertz CT molecular complexity index is 550. The molecular formula is C13H16N4O. The lowest BCUT2D eigenvalue weighted by atomic mass is 10.2. The molecule has 5 heteroatoms. The van der Waals surface area contributed by atoms with E-state index in [1.807, 2.05) is 25.3 Å². The molecule has 2 heterocycles. The highest BCUT2D eigenvalue weighted by Gasteiger charge is 2.02. The van der Waals surface area contributed by atoms with Crippen LogP contribution in [-0.4, -0.2) is 21.1 Å². The smallest absolute Gasteiger partial charge is 0.293 e. The summed E-state index contributed by atoms with van der Waals surface area (Å²) in [6.07, 6.45) is 7.71. The molecule has 0 atom stereocenters. The third kappa shape index (κ3) is 2.94. The highest BCUT2D eigenvalue weighted by atomic mass is 16.1. The minimum Gasteiger partial charge on any atom is -0.365 e. The number of anilines is 1. The maximum Gasteiger partial charge on any atom is 0.293 e. The molecule has 5 nitrogen and oxygen atoms in total. The number of rotatable bonds is 5. The van der Waals surface area contributed by atoms with Crippen LogP contribution in [0.3, 0.4) is 0 Å². The van der Waals surface area contributed by atoms with Crippen molar-refractivity contribution >= 4 is 5.82 Å². The molecule has 0 aliphatic carbocycles. The number of hydrogen-bond donors (Lipinski definition) is 1. The van der Waals surface area contributed by atoms with E-state index in [1.165, 1.54) is 0 Å². The van der Waals surface area contributed by atoms with E-state index in [0.29, 0.717) is 18.9 Å². The molecule has 0 aromatic carbocycles. The van der Waals surface area contributed by atoms with E-state index in [4.69, 9.17) is 0 Å². The van der Waals surface area contributed by atoms with Crippen LogP contribution in [0.2, 0.25) is 0 Å². The SMILES string of the molecule is CCn1ccnc(NCCc2cccnc2)c1=O. The van der Waals surface area contributed by atoms with Crippen molar-refractivity contribution < 1.29 is 0 Å². The van der Waals surface area contributed by atoms with Crippen LogP contribution in [0.1, 0.15) is 12.5 Å². The maximum absolute atomic E-state index is 11.9. The molecule has 2 rings (SSSR count). The van der Waals surface area contributed by atoms with Gasteiger partial charge < -0.3 is 9.88 Å². The Morgan fingerprint density at radius 3 is 3.00 bits per heavy atom. The van der Waals surface area contributed by atoms with Gasteiger partial charge in [-0.25, -0.2) is 4.98 Å². The number of aryl methyl sites for hydroxylation is 1. The molecule has 2 aromatic rings. The van der Waals surface area contributed by atoms with E-state index >= 15 is 0 Å². The number of aromatic nitrogens is 3. The highest BCUT2D eigenvalue weighted by molar-refractivity contribution is 5.31. The van der Waals surface area contributed by atoms with E-state index < -0.39 is 0 Å². The zero-order valence-electron chi connectivity index (χ0n) is 10.3. The molecule has 0 radical (unpaired) electrons. The van der Waals surface area contributed by atoms with E-state index in [1.54, 1.807) is 23.2 Å². The molecule has 2 aromatic heterocycles. The molecule has 0 saturated heterocycles. The second-order valence-corrected chi connectivity index (χ2v) is 3.91. The predicted molar refractivity (Wildman–Crippen MR) is 70.6 cm³/mol. The molecule has 0 saturated carbocycles. The maximum atomic E-state index is 11.9. The average Bonchev–Trinajstić information content (AvgIpc) is 2.42. The van der Waals surface area contributed by atoms with Gasteiger partial charge in [-0.05, 0) is 25.0 Å². The summed E-state index contributed by atoms with van der Waals surface area (Å²) in [6, 6.07) is 3.91. The second-order valence-electron chi connectivity index (χ2n) is 3.91. The zero-order chi connectivity index (χ0) is 12.8. The van der Waals surface area contributed by atoms with Gasteiger partial charge in [0.15, 0.2) is 5.82 Å². The van der Waals surface area contributed by atoms with Gasteiger partial charge in [-0.2, -0.15) is 0 Å². The molecule has 0 bridgehead atoms. The minimum absolute atomic E-state index is 0.0776. The molecule has 0 aliphatic heterocycles. The Hall–Kier alpha value is -2.17. The molecule has 94 valence electrons. The van der Waals surface area contributed by atoms with Gasteiger partial charge in [0.1, 0.15) is 0 Å². The van der Waals surface area contributed by atoms with Crippen LogP contribution >= 0.6 is 0 Å². The Balaban J connectivity index is 1.97. The number of nitrogens with one attached hydrogen (secondary N) is 1. The van der Waals surface area contributed by atoms with E-state index in [2.05, 4.69) is 15.3 Å². The first kappa shape index (κ1) is 12.3. The summed E-state index contributed by atoms with van der Waals surface area (Å²) in [5, 5.41) is 3.06. The van der Waals surface area contributed by atoms with Gasteiger partial charge in [0, 0.05) is 37.9 Å². The Labute approximate surface area is 106 Å². The Kier molecular flexibility index (Phi) is 4.06. The monoisotopic (exact) mass is 244 g/mol. The lowest BCUT2D eigenvalue weighted by Gasteiger charge is -2.07. The molecule has 0 spiro atoms. The van der Waals surface area contributed by atoms with Crippen molar-refractivity contribution in [3.8, 4) is 0 Å². The van der Waals surface area contributed by atoms with Gasteiger partial charge in [-0.3, -0.25) is 9.78 Å². The van der Waals surface area contributed by atoms with E-state index in [9.17, 15) is 4.79 Å². The van der Waals surface area contributed by atoms with Crippen LogP contribution in [0, 0.1) is 0 Å². The van der Waals surface area contributed by atoms with E-state index in [-0.39, 0.29) is 5.56 Å². The topological polar surface area (TPSA) is 59.8 Å². The van der Waals surface area contributed by atoms with Crippen LogP contribution in [-0.2, 0) is 13.0 Å². The number of pyridine rings is 1. The van der Waals surface area contributed by atoms with E-state index in [0.717, 1.165) is 12.0 Å². The van der Waals surface area contributed by atoms with Crippen LogP contribution in [0.25, 0.3) is 0 Å². The molecule has 0 fully saturated rings. The summed E-state index contributed by atoms with van der Waals surface area (Å²) in [5.41, 5.74) is 1.06. The van der Waals surface area contributed by atoms with Crippen molar-refractivity contribution in [2.45, 2.75) is 19.9 Å². The van der Waals surface area contributed by atoms with Crippen molar-refractivity contribution in [3.05, 3.63) is 52.8 Å². The van der Waals surface area contributed by atoms with Gasteiger partial charge in [0.25, 0.3) is 5.56 Å². The van der Waals surface area contributed by atoms with Gasteiger partial charge in [-0.15, -0.1) is 0 Å². The van der Waals surface area contributed by atoms with Gasteiger partial charge in [0.05, 0.1) is 0 Å². The third-order valence-corrected chi connectivity index (χ3v) is 2.68. The molecule has 0 aliphatic rings. The van der Waals surface area contributed by atoms with Crippen molar-refractivity contribution in [1.82, 2.24) is 14.5 Å². The zero-order valence-corrected chi connectivity index (χ0v) is 10.3. The van der Waals surface area contributed by atoms with Gasteiger partial charge in [-0.1, -0.05) is 6.07 Å². The predicted octanol–water partition coefficient (Wildman–Crippen LogP) is 1.31. The fourth-order valence-corrected chi connectivity index (χ4v) is 1.69. The van der Waals surface area contributed by atoms with Crippen molar-refractivity contribution in [2.75, 3.05) is 11.9 Å². The molecule has 1 N–H and O–H groups in total. The molecular weight excluding hydrogens is 228 g/mol. The van der Waals surface area contributed by atoms with Gasteiger partial charge in [0.2, 0.25) is 0 Å². The third-order valence-electron chi connectivity index (χ3n) is 2.68. The standard InChI is InChI=1S/C13H16N4O/c1-2-17-9-8-16-12(13(17)18)15-7-5-11-4-3-6-14-10-11/h3-4,6,8-10H,2,5,7H2,1H3,(H,15,16). The fourth-order valence-electron chi connectivity index (χ4n) is 1.69. The summed E-state index contributed by atoms with van der Waals surface area (Å²) in [6.45, 7) is 3.25.